The summed E-state index contributed by atoms with van der Waals surface area (Å²) in [4.78, 5) is 31.0. The van der Waals surface area contributed by atoms with Crippen LogP contribution in [0.2, 0.25) is 0 Å². The summed E-state index contributed by atoms with van der Waals surface area (Å²) < 4.78 is 12.4. The van der Waals surface area contributed by atoms with Crippen molar-refractivity contribution in [1.29, 1.82) is 0 Å². The molecule has 4 rings (SSSR count). The molecule has 1 aliphatic carbocycles. The summed E-state index contributed by atoms with van der Waals surface area (Å²) in [6.45, 7) is 5.16. The zero-order chi connectivity index (χ0) is 24.5. The van der Waals surface area contributed by atoms with E-state index < -0.39 is 0 Å². The molecule has 0 N–H and O–H groups in total. The lowest BCUT2D eigenvalue weighted by atomic mass is 9.90. The van der Waals surface area contributed by atoms with E-state index in [1.807, 2.05) is 36.1 Å². The number of fused-ring (bicyclic) bond motifs is 2. The van der Waals surface area contributed by atoms with Crippen molar-refractivity contribution in [2.45, 2.75) is 109 Å². The summed E-state index contributed by atoms with van der Waals surface area (Å²) in [6, 6.07) is 7.74. The number of para-hydroxylation sites is 1. The van der Waals surface area contributed by atoms with Crippen molar-refractivity contribution in [1.82, 2.24) is 9.80 Å². The maximum Gasteiger partial charge on any atom is 0.257 e. The first kappa shape index (κ1) is 26.0. The molecule has 194 valence electrons. The van der Waals surface area contributed by atoms with E-state index in [9.17, 15) is 9.59 Å². The number of amides is 2. The van der Waals surface area contributed by atoms with Crippen LogP contribution in [0.25, 0.3) is 0 Å². The topological polar surface area (TPSA) is 59.1 Å². The standard InChI is InChI=1S/C29H44N2O4/c1-2-30-20-10-4-3-5-11-21-31(28(32)19-18-23-13-12-22-34-23)25-15-7-9-17-27(25)35-26-16-8-6-14-24(26)29(30)33/h6,8,14,16,23,25,27H,2-5,7,9-13,15,17-22H2,1H3/t23?,25-,27+/m1/s1. The highest BCUT2D eigenvalue weighted by molar-refractivity contribution is 5.97. The summed E-state index contributed by atoms with van der Waals surface area (Å²) in [5, 5.41) is 0. The molecule has 2 amide bonds. The van der Waals surface area contributed by atoms with Crippen LogP contribution in [0.15, 0.2) is 24.3 Å². The Balaban J connectivity index is 1.56. The van der Waals surface area contributed by atoms with Gasteiger partial charge in [0.05, 0.1) is 17.7 Å². The molecular formula is C29H44N2O4. The Kier molecular flexibility index (Phi) is 9.87. The summed E-state index contributed by atoms with van der Waals surface area (Å²) in [5.74, 6) is 0.955. The molecular weight excluding hydrogens is 440 g/mol. The molecule has 3 aliphatic rings. The van der Waals surface area contributed by atoms with Crippen molar-refractivity contribution in [2.24, 2.45) is 0 Å². The number of hydrogen-bond donors (Lipinski definition) is 0. The minimum Gasteiger partial charge on any atom is -0.487 e. The maximum atomic E-state index is 13.5. The molecule has 1 saturated carbocycles. The molecule has 0 spiro atoms. The smallest absolute Gasteiger partial charge is 0.257 e. The van der Waals surface area contributed by atoms with Gasteiger partial charge in [-0.1, -0.05) is 37.8 Å². The number of benzene rings is 1. The van der Waals surface area contributed by atoms with Crippen LogP contribution in [0.3, 0.4) is 0 Å². The Bertz CT molecular complexity index is 823. The average Bonchev–Trinajstić information content (AvgIpc) is 3.40. The van der Waals surface area contributed by atoms with Gasteiger partial charge in [-0.15, -0.1) is 0 Å². The first-order valence-electron chi connectivity index (χ1n) is 14.1. The maximum absolute atomic E-state index is 13.5. The van der Waals surface area contributed by atoms with E-state index in [-0.39, 0.29) is 30.1 Å². The van der Waals surface area contributed by atoms with Gasteiger partial charge in [-0.25, -0.2) is 0 Å². The summed E-state index contributed by atoms with van der Waals surface area (Å²) >= 11 is 0. The molecule has 1 saturated heterocycles. The van der Waals surface area contributed by atoms with Gasteiger partial charge in [-0.05, 0) is 70.4 Å². The second-order valence-electron chi connectivity index (χ2n) is 10.4. The third-order valence-electron chi connectivity index (χ3n) is 7.98. The van der Waals surface area contributed by atoms with Gasteiger partial charge in [-0.3, -0.25) is 9.59 Å². The molecule has 1 unspecified atom stereocenters. The van der Waals surface area contributed by atoms with Crippen molar-refractivity contribution in [3.8, 4) is 5.75 Å². The van der Waals surface area contributed by atoms with Crippen LogP contribution < -0.4 is 4.74 Å². The van der Waals surface area contributed by atoms with E-state index in [1.54, 1.807) is 0 Å². The summed E-state index contributed by atoms with van der Waals surface area (Å²) in [7, 11) is 0. The largest absolute Gasteiger partial charge is 0.487 e. The second-order valence-corrected chi connectivity index (χ2v) is 10.4. The van der Waals surface area contributed by atoms with Crippen molar-refractivity contribution in [3.05, 3.63) is 29.8 Å². The van der Waals surface area contributed by atoms with Gasteiger partial charge in [0, 0.05) is 32.7 Å². The van der Waals surface area contributed by atoms with Crippen LogP contribution in [0.1, 0.15) is 101 Å². The minimum absolute atomic E-state index is 0.0508. The number of rotatable bonds is 4. The van der Waals surface area contributed by atoms with Gasteiger partial charge in [0.2, 0.25) is 5.91 Å². The fourth-order valence-corrected chi connectivity index (χ4v) is 5.94. The first-order chi connectivity index (χ1) is 17.2. The predicted octanol–water partition coefficient (Wildman–Crippen LogP) is 5.59. The van der Waals surface area contributed by atoms with E-state index in [0.717, 1.165) is 96.7 Å². The molecule has 1 aromatic rings. The zero-order valence-corrected chi connectivity index (χ0v) is 21.6. The van der Waals surface area contributed by atoms with Crippen LogP contribution in [-0.2, 0) is 9.53 Å². The predicted molar refractivity (Wildman–Crippen MR) is 138 cm³/mol. The molecule has 3 atom stereocenters. The normalized spacial score (nSPS) is 26.8. The van der Waals surface area contributed by atoms with Gasteiger partial charge in [0.25, 0.3) is 5.91 Å². The van der Waals surface area contributed by atoms with Gasteiger partial charge < -0.3 is 19.3 Å². The summed E-state index contributed by atoms with van der Waals surface area (Å²) in [5.41, 5.74) is 0.643. The lowest BCUT2D eigenvalue weighted by Gasteiger charge is -2.40. The first-order valence-corrected chi connectivity index (χ1v) is 14.1. The van der Waals surface area contributed by atoms with E-state index in [1.165, 1.54) is 0 Å². The van der Waals surface area contributed by atoms with Gasteiger partial charge >= 0.3 is 0 Å². The third kappa shape index (κ3) is 6.99. The molecule has 2 aliphatic heterocycles. The molecule has 1 aromatic carbocycles. The highest BCUT2D eigenvalue weighted by Crippen LogP contribution is 2.31. The van der Waals surface area contributed by atoms with Gasteiger partial charge in [-0.2, -0.15) is 0 Å². The Morgan fingerprint density at radius 2 is 1.71 bits per heavy atom. The Labute approximate surface area is 211 Å². The van der Waals surface area contributed by atoms with Crippen molar-refractivity contribution < 1.29 is 19.1 Å². The van der Waals surface area contributed by atoms with E-state index in [0.29, 0.717) is 24.3 Å². The van der Waals surface area contributed by atoms with Crippen molar-refractivity contribution in [2.75, 3.05) is 26.2 Å². The average molecular weight is 485 g/mol. The Morgan fingerprint density at radius 3 is 2.51 bits per heavy atom. The number of nitrogens with zero attached hydrogens (tertiary/aromatic N) is 2. The molecule has 2 fully saturated rings. The second kappa shape index (κ2) is 13.3. The number of ether oxygens (including phenoxy) is 2. The molecule has 6 heteroatoms. The van der Waals surface area contributed by atoms with Crippen LogP contribution in [0.5, 0.6) is 5.75 Å². The highest BCUT2D eigenvalue weighted by Gasteiger charge is 2.35. The Morgan fingerprint density at radius 1 is 0.943 bits per heavy atom. The monoisotopic (exact) mass is 484 g/mol. The molecule has 6 nitrogen and oxygen atoms in total. The molecule has 35 heavy (non-hydrogen) atoms. The molecule has 2 heterocycles. The number of hydrogen-bond acceptors (Lipinski definition) is 4. The fraction of sp³-hybridized carbons (Fsp3) is 0.724. The highest BCUT2D eigenvalue weighted by atomic mass is 16.5. The van der Waals surface area contributed by atoms with E-state index in [2.05, 4.69) is 4.90 Å². The van der Waals surface area contributed by atoms with E-state index >= 15 is 0 Å². The number of carbonyl (C=O) groups excluding carboxylic acids is 2. The van der Waals surface area contributed by atoms with E-state index in [4.69, 9.17) is 9.47 Å². The van der Waals surface area contributed by atoms with Crippen molar-refractivity contribution >= 4 is 11.8 Å². The lowest BCUT2D eigenvalue weighted by Crippen LogP contribution is -2.51. The minimum atomic E-state index is -0.0791. The fourth-order valence-electron chi connectivity index (χ4n) is 5.94. The lowest BCUT2D eigenvalue weighted by molar-refractivity contribution is -0.137. The van der Waals surface area contributed by atoms with Gasteiger partial charge in [0.1, 0.15) is 11.9 Å². The van der Waals surface area contributed by atoms with Crippen LogP contribution in [-0.4, -0.2) is 66.1 Å². The van der Waals surface area contributed by atoms with Gasteiger partial charge in [0.15, 0.2) is 0 Å². The van der Waals surface area contributed by atoms with Crippen LogP contribution in [0, 0.1) is 0 Å². The molecule has 0 radical (unpaired) electrons. The SMILES string of the molecule is CCN1CCCCCCCN(C(=O)CCC2CCCO2)[C@@H]2CCCC[C@@H]2Oc2ccccc2C1=O. The van der Waals surface area contributed by atoms with Crippen LogP contribution >= 0.6 is 0 Å². The number of carbonyl (C=O) groups is 2. The molecule has 0 bridgehead atoms. The third-order valence-corrected chi connectivity index (χ3v) is 7.98. The Hall–Kier alpha value is -2.08. The molecule has 0 aromatic heterocycles. The van der Waals surface area contributed by atoms with Crippen molar-refractivity contribution in [3.63, 3.8) is 0 Å². The summed E-state index contributed by atoms with van der Waals surface area (Å²) in [6.07, 6.45) is 13.2. The quantitative estimate of drug-likeness (QED) is 0.559. The zero-order valence-electron chi connectivity index (χ0n) is 21.6. The van der Waals surface area contributed by atoms with Crippen LogP contribution in [0.4, 0.5) is 0 Å².